The second-order valence-electron chi connectivity index (χ2n) is 6.08. The molecule has 9 heteroatoms. The number of nitrogens with zero attached hydrogens (tertiary/aromatic N) is 1. The van der Waals surface area contributed by atoms with Gasteiger partial charge in [0, 0.05) is 11.3 Å². The summed E-state index contributed by atoms with van der Waals surface area (Å²) in [6.45, 7) is 3.49. The molecule has 0 aliphatic rings. The number of aromatic nitrogens is 1. The van der Waals surface area contributed by atoms with Gasteiger partial charge in [0.05, 0.1) is 15.1 Å². The normalized spacial score (nSPS) is 12.7. The van der Waals surface area contributed by atoms with Gasteiger partial charge >= 0.3 is 0 Å². The first kappa shape index (κ1) is 19.6. The van der Waals surface area contributed by atoms with Crippen LogP contribution >= 0.6 is 22.9 Å². The molecular formula is C18H17ClN2O4S2. The number of sulfone groups is 1. The first-order valence-corrected chi connectivity index (χ1v) is 11.1. The van der Waals surface area contributed by atoms with E-state index in [1.165, 1.54) is 17.4 Å². The largest absolute Gasteiger partial charge is 0.481 e. The fraction of sp³-hybridized carbons (Fsp3) is 0.222. The zero-order valence-electron chi connectivity index (χ0n) is 14.8. The summed E-state index contributed by atoms with van der Waals surface area (Å²) in [5.41, 5.74) is 1.47. The summed E-state index contributed by atoms with van der Waals surface area (Å²) >= 11 is 7.19. The van der Waals surface area contributed by atoms with Crippen LogP contribution in [0.1, 0.15) is 12.5 Å². The quantitative estimate of drug-likeness (QED) is 0.667. The Morgan fingerprint density at radius 3 is 2.67 bits per heavy atom. The Hall–Kier alpha value is -2.16. The Bertz CT molecular complexity index is 1130. The highest BCUT2D eigenvalue weighted by atomic mass is 35.5. The van der Waals surface area contributed by atoms with Crippen molar-refractivity contribution in [3.8, 4) is 5.75 Å². The minimum Gasteiger partial charge on any atom is -0.481 e. The van der Waals surface area contributed by atoms with Crippen LogP contribution < -0.4 is 10.1 Å². The van der Waals surface area contributed by atoms with E-state index >= 15 is 0 Å². The lowest BCUT2D eigenvalue weighted by Gasteiger charge is -2.14. The van der Waals surface area contributed by atoms with Crippen molar-refractivity contribution in [2.45, 2.75) is 24.8 Å². The van der Waals surface area contributed by atoms with Crippen LogP contribution in [0.3, 0.4) is 0 Å². The number of hydrogen-bond donors (Lipinski definition) is 1. The van der Waals surface area contributed by atoms with E-state index in [1.807, 2.05) is 6.92 Å². The molecule has 0 saturated carbocycles. The number of thiazole rings is 1. The SMILES string of the molecule is Cc1cc(OC(C)C(=O)Nc2nc3ccc(S(C)(=O)=O)cc3s2)ccc1Cl. The molecule has 0 bridgehead atoms. The van der Waals surface area contributed by atoms with Crippen LogP contribution in [-0.4, -0.2) is 31.7 Å². The first-order chi connectivity index (χ1) is 12.6. The van der Waals surface area contributed by atoms with Crippen molar-refractivity contribution in [2.24, 2.45) is 0 Å². The second-order valence-corrected chi connectivity index (χ2v) is 9.53. The molecule has 2 aromatic carbocycles. The molecule has 0 radical (unpaired) electrons. The summed E-state index contributed by atoms with van der Waals surface area (Å²) < 4.78 is 29.6. The maximum atomic E-state index is 12.4. The molecule has 0 aliphatic heterocycles. The first-order valence-electron chi connectivity index (χ1n) is 7.98. The van der Waals surface area contributed by atoms with Gasteiger partial charge in [0.2, 0.25) is 0 Å². The number of fused-ring (bicyclic) bond motifs is 1. The van der Waals surface area contributed by atoms with Crippen molar-refractivity contribution >= 4 is 54.0 Å². The molecule has 0 aliphatic carbocycles. The highest BCUT2D eigenvalue weighted by molar-refractivity contribution is 7.90. The van der Waals surface area contributed by atoms with E-state index in [-0.39, 0.29) is 10.8 Å². The van der Waals surface area contributed by atoms with Gasteiger partial charge in [0.25, 0.3) is 5.91 Å². The molecule has 27 heavy (non-hydrogen) atoms. The van der Waals surface area contributed by atoms with E-state index in [1.54, 1.807) is 37.3 Å². The highest BCUT2D eigenvalue weighted by Gasteiger charge is 2.18. The maximum absolute atomic E-state index is 12.4. The fourth-order valence-corrected chi connectivity index (χ4v) is 4.09. The predicted octanol–water partition coefficient (Wildman–Crippen LogP) is 4.07. The van der Waals surface area contributed by atoms with Crippen LogP contribution in [0, 0.1) is 6.92 Å². The summed E-state index contributed by atoms with van der Waals surface area (Å²) in [6.07, 6.45) is 0.402. The van der Waals surface area contributed by atoms with E-state index in [9.17, 15) is 13.2 Å². The molecule has 3 aromatic rings. The molecule has 6 nitrogen and oxygen atoms in total. The predicted molar refractivity (Wildman–Crippen MR) is 108 cm³/mol. The third-order valence-corrected chi connectivity index (χ3v) is 6.30. The summed E-state index contributed by atoms with van der Waals surface area (Å²) in [5.74, 6) is 0.187. The number of nitrogens with one attached hydrogen (secondary N) is 1. The number of amides is 1. The summed E-state index contributed by atoms with van der Waals surface area (Å²) in [7, 11) is -3.30. The van der Waals surface area contributed by atoms with Crippen molar-refractivity contribution in [3.63, 3.8) is 0 Å². The highest BCUT2D eigenvalue weighted by Crippen LogP contribution is 2.28. The molecule has 1 unspecified atom stereocenters. The molecule has 0 fully saturated rings. The van der Waals surface area contributed by atoms with Crippen LogP contribution in [-0.2, 0) is 14.6 Å². The van der Waals surface area contributed by atoms with Gasteiger partial charge in [0.15, 0.2) is 21.1 Å². The molecule has 0 spiro atoms. The fourth-order valence-electron chi connectivity index (χ4n) is 2.34. The van der Waals surface area contributed by atoms with E-state index in [0.717, 1.165) is 11.8 Å². The van der Waals surface area contributed by atoms with Crippen molar-refractivity contribution in [2.75, 3.05) is 11.6 Å². The average Bonchev–Trinajstić information content (AvgIpc) is 2.98. The van der Waals surface area contributed by atoms with Crippen LogP contribution in [0.2, 0.25) is 5.02 Å². The lowest BCUT2D eigenvalue weighted by atomic mass is 10.2. The Balaban J connectivity index is 1.73. The molecule has 142 valence electrons. The summed E-state index contributed by atoms with van der Waals surface area (Å²) in [5, 5.41) is 3.71. The number of rotatable bonds is 5. The molecule has 1 N–H and O–H groups in total. The zero-order valence-corrected chi connectivity index (χ0v) is 17.2. The molecule has 1 amide bonds. The molecule has 3 rings (SSSR count). The Kier molecular flexibility index (Phi) is 5.41. The van der Waals surface area contributed by atoms with E-state index in [0.29, 0.717) is 26.1 Å². The topological polar surface area (TPSA) is 85.4 Å². The number of carbonyl (C=O) groups is 1. The number of aryl methyl sites for hydroxylation is 1. The van der Waals surface area contributed by atoms with Gasteiger partial charge in [0.1, 0.15) is 5.75 Å². The molecular weight excluding hydrogens is 408 g/mol. The smallest absolute Gasteiger partial charge is 0.266 e. The molecule has 1 heterocycles. The van der Waals surface area contributed by atoms with Gasteiger partial charge in [-0.2, -0.15) is 0 Å². The molecule has 1 atom stereocenters. The summed E-state index contributed by atoms with van der Waals surface area (Å²) in [4.78, 5) is 16.9. The van der Waals surface area contributed by atoms with Crippen molar-refractivity contribution < 1.29 is 17.9 Å². The zero-order chi connectivity index (χ0) is 19.8. The van der Waals surface area contributed by atoms with Gasteiger partial charge in [-0.3, -0.25) is 10.1 Å². The minimum atomic E-state index is -3.30. The van der Waals surface area contributed by atoms with Crippen molar-refractivity contribution in [1.82, 2.24) is 4.98 Å². The van der Waals surface area contributed by atoms with Gasteiger partial charge < -0.3 is 4.74 Å². The molecule has 0 saturated heterocycles. The van der Waals surface area contributed by atoms with Gasteiger partial charge in [-0.15, -0.1) is 0 Å². The molecule has 1 aromatic heterocycles. The van der Waals surface area contributed by atoms with E-state index in [2.05, 4.69) is 10.3 Å². The number of hydrogen-bond acceptors (Lipinski definition) is 6. The van der Waals surface area contributed by atoms with E-state index in [4.69, 9.17) is 16.3 Å². The lowest BCUT2D eigenvalue weighted by Crippen LogP contribution is -2.30. The monoisotopic (exact) mass is 424 g/mol. The number of benzene rings is 2. The third-order valence-electron chi connectivity index (χ3n) is 3.83. The van der Waals surface area contributed by atoms with Crippen LogP contribution in [0.15, 0.2) is 41.3 Å². The van der Waals surface area contributed by atoms with E-state index < -0.39 is 15.9 Å². The standard InChI is InChI=1S/C18H17ClN2O4S2/c1-10-8-12(4-6-14(10)19)25-11(2)17(22)21-18-20-15-7-5-13(27(3,23)24)9-16(15)26-18/h4-9,11H,1-3H3,(H,20,21,22). The summed E-state index contributed by atoms with van der Waals surface area (Å²) in [6, 6.07) is 9.84. The Labute approximate surface area is 166 Å². The van der Waals surface area contributed by atoms with Crippen LogP contribution in [0.4, 0.5) is 5.13 Å². The average molecular weight is 425 g/mol. The van der Waals surface area contributed by atoms with Crippen molar-refractivity contribution in [1.29, 1.82) is 0 Å². The maximum Gasteiger partial charge on any atom is 0.266 e. The van der Waals surface area contributed by atoms with Gasteiger partial charge in [-0.05, 0) is 55.8 Å². The number of halogens is 1. The third kappa shape index (κ3) is 4.58. The number of anilines is 1. The van der Waals surface area contributed by atoms with Crippen molar-refractivity contribution in [3.05, 3.63) is 47.0 Å². The van der Waals surface area contributed by atoms with Crippen LogP contribution in [0.5, 0.6) is 5.75 Å². The second kappa shape index (κ2) is 7.46. The number of ether oxygens (including phenoxy) is 1. The Morgan fingerprint density at radius 1 is 1.26 bits per heavy atom. The number of carbonyl (C=O) groups excluding carboxylic acids is 1. The van der Waals surface area contributed by atoms with Gasteiger partial charge in [-0.1, -0.05) is 22.9 Å². The minimum absolute atomic E-state index is 0.214. The van der Waals surface area contributed by atoms with Gasteiger partial charge in [-0.25, -0.2) is 13.4 Å². The van der Waals surface area contributed by atoms with Crippen LogP contribution in [0.25, 0.3) is 10.2 Å². The Morgan fingerprint density at radius 2 is 2.00 bits per heavy atom. The lowest BCUT2D eigenvalue weighted by molar-refractivity contribution is -0.122.